The second-order valence-corrected chi connectivity index (χ2v) is 0.224. The molecule has 0 aliphatic carbocycles. The van der Waals surface area contributed by atoms with Crippen molar-refractivity contribution < 1.29 is 35.1 Å². The van der Waals surface area contributed by atoms with E-state index in [-0.39, 0.29) is 56.4 Å². The van der Waals surface area contributed by atoms with E-state index in [0.717, 1.165) is 16.0 Å². The van der Waals surface area contributed by atoms with Crippen LogP contribution in [0.25, 0.3) is 0 Å². The SMILES string of the molecule is N.N.N.N.N.N.[O]N=O.[O]N=O.[O]N=O.[Rh]. The molecule has 0 unspecified atom stereocenters. The maximum atomic E-state index is 8.00. The van der Waals surface area contributed by atoms with Gasteiger partial charge in [-0.1, -0.05) is 0 Å². The Bertz CT molecular complexity index is 56.8. The Morgan fingerprint density at radius 2 is 0.438 bits per heavy atom. The number of hydrogen-bond donors (Lipinski definition) is 6. The molecule has 0 spiro atoms. The van der Waals surface area contributed by atoms with E-state index in [4.69, 9.17) is 30.3 Å². The van der Waals surface area contributed by atoms with Gasteiger partial charge < -0.3 is 36.9 Å². The minimum atomic E-state index is 0. The van der Waals surface area contributed by atoms with E-state index in [0.29, 0.717) is 0 Å². The van der Waals surface area contributed by atoms with Crippen molar-refractivity contribution in [2.24, 2.45) is 16.0 Å². The molecule has 0 fully saturated rings. The first kappa shape index (κ1) is 128. The molecule has 0 aromatic carbocycles. The Labute approximate surface area is 103 Å². The van der Waals surface area contributed by atoms with Crippen LogP contribution in [0.3, 0.4) is 0 Å². The summed E-state index contributed by atoms with van der Waals surface area (Å²) >= 11 is 0. The summed E-state index contributed by atoms with van der Waals surface area (Å²) in [4.78, 5) is 24.0. The minimum Gasteiger partial charge on any atom is -0.344 e. The smallest absolute Gasteiger partial charge is 0.204 e. The zero-order valence-corrected chi connectivity index (χ0v) is 10.0. The van der Waals surface area contributed by atoms with Crippen molar-refractivity contribution in [2.45, 2.75) is 0 Å². The fourth-order valence-corrected chi connectivity index (χ4v) is 0. The molecule has 0 bridgehead atoms. The molecular weight excluding hydrogens is 325 g/mol. The molecule has 0 saturated carbocycles. The molecule has 108 valence electrons. The number of rotatable bonds is 0. The standard InChI is InChI=1S/3NO2.6H3N.Rh/c3*2-1-3;;;;;;;/h;;;6*1H3;. The quantitative estimate of drug-likeness (QED) is 0.209. The van der Waals surface area contributed by atoms with Crippen molar-refractivity contribution in [1.82, 2.24) is 36.9 Å². The number of hydrogen-bond acceptors (Lipinski definition) is 12. The molecule has 16 heavy (non-hydrogen) atoms. The van der Waals surface area contributed by atoms with Crippen LogP contribution in [-0.2, 0) is 35.1 Å². The zero-order chi connectivity index (χ0) is 8.12. The van der Waals surface area contributed by atoms with Gasteiger partial charge in [0.15, 0.2) is 0 Å². The fourth-order valence-electron chi connectivity index (χ4n) is 0. The summed E-state index contributed by atoms with van der Waals surface area (Å²) in [6, 6.07) is 0. The average molecular weight is 343 g/mol. The van der Waals surface area contributed by atoms with E-state index >= 15 is 0 Å². The monoisotopic (exact) mass is 343 g/mol. The van der Waals surface area contributed by atoms with Crippen LogP contribution in [-0.4, -0.2) is 0 Å². The van der Waals surface area contributed by atoms with Crippen molar-refractivity contribution in [2.75, 3.05) is 0 Å². The van der Waals surface area contributed by atoms with Crippen molar-refractivity contribution >= 4 is 0 Å². The molecule has 15 nitrogen and oxygen atoms in total. The second-order valence-electron chi connectivity index (χ2n) is 0.224. The topological polar surface area (TPSA) is 358 Å². The largest absolute Gasteiger partial charge is 0.344 e. The van der Waals surface area contributed by atoms with Gasteiger partial charge in [0.1, 0.15) is 0 Å². The minimum absolute atomic E-state index is 0. The molecule has 16 heteroatoms. The first-order chi connectivity index (χ1) is 4.24. The molecule has 0 aromatic rings. The third kappa shape index (κ3) is 841. The Kier molecular flexibility index (Phi) is 6870. The van der Waals surface area contributed by atoms with Gasteiger partial charge in [-0.2, -0.15) is 0 Å². The maximum Gasteiger partial charge on any atom is 0.204 e. The van der Waals surface area contributed by atoms with E-state index in [1.165, 1.54) is 0 Å². The van der Waals surface area contributed by atoms with Crippen molar-refractivity contribution in [3.8, 4) is 0 Å². The van der Waals surface area contributed by atoms with Crippen LogP contribution in [0.15, 0.2) is 16.0 Å². The molecule has 0 aliphatic rings. The summed E-state index contributed by atoms with van der Waals surface area (Å²) in [5.41, 5.74) is 0. The second kappa shape index (κ2) is 858. The number of nitrogens with zero attached hydrogens (tertiary/aromatic N) is 3. The van der Waals surface area contributed by atoms with Crippen LogP contribution in [0.5, 0.6) is 0 Å². The fraction of sp³-hybridized carbons (Fsp3) is 0. The molecule has 0 rings (SSSR count). The van der Waals surface area contributed by atoms with Crippen LogP contribution in [0.1, 0.15) is 0 Å². The van der Waals surface area contributed by atoms with Crippen LogP contribution >= 0.6 is 0 Å². The molecule has 0 saturated heterocycles. The van der Waals surface area contributed by atoms with Crippen molar-refractivity contribution in [3.05, 3.63) is 14.7 Å². The van der Waals surface area contributed by atoms with Gasteiger partial charge in [-0.25, -0.2) is 0 Å². The predicted molar refractivity (Wildman–Crippen MR) is 49.6 cm³/mol. The van der Waals surface area contributed by atoms with Crippen LogP contribution in [0, 0.1) is 14.7 Å². The first-order valence-electron chi connectivity index (χ1n) is 1.10. The molecule has 4 radical (unpaired) electrons. The molecule has 18 N–H and O–H groups in total. The van der Waals surface area contributed by atoms with Gasteiger partial charge in [-0.05, 0) is 0 Å². The van der Waals surface area contributed by atoms with E-state index in [9.17, 15) is 0 Å². The van der Waals surface area contributed by atoms with Crippen LogP contribution < -0.4 is 36.9 Å². The van der Waals surface area contributed by atoms with E-state index < -0.39 is 0 Å². The van der Waals surface area contributed by atoms with Gasteiger partial charge in [-0.3, -0.25) is 0 Å². The van der Waals surface area contributed by atoms with E-state index in [1.807, 2.05) is 0 Å². The third-order valence-electron chi connectivity index (χ3n) is 0. The Morgan fingerprint density at radius 1 is 0.438 bits per heavy atom. The summed E-state index contributed by atoms with van der Waals surface area (Å²) in [5, 5.41) is 27.0. The van der Waals surface area contributed by atoms with Crippen molar-refractivity contribution in [1.29, 1.82) is 0 Å². The molecule has 0 atom stereocenters. The average Bonchev–Trinajstić information content (AvgIpc) is 1.70. The van der Waals surface area contributed by atoms with Crippen molar-refractivity contribution in [3.63, 3.8) is 0 Å². The van der Waals surface area contributed by atoms with Crippen LogP contribution in [0.2, 0.25) is 0 Å². The van der Waals surface area contributed by atoms with E-state index in [1.54, 1.807) is 0 Å². The molecular formula is H18N9O6Rh. The Hall–Kier alpha value is -1.42. The Morgan fingerprint density at radius 3 is 0.438 bits per heavy atom. The van der Waals surface area contributed by atoms with E-state index in [2.05, 4.69) is 0 Å². The summed E-state index contributed by atoms with van der Waals surface area (Å²) in [7, 11) is 0. The van der Waals surface area contributed by atoms with Gasteiger partial charge in [0.25, 0.3) is 0 Å². The zero-order valence-electron chi connectivity index (χ0n) is 8.37. The molecule has 0 aromatic heterocycles. The van der Waals surface area contributed by atoms with Gasteiger partial charge in [-0.15, -0.1) is 30.3 Å². The van der Waals surface area contributed by atoms with Gasteiger partial charge in [0.05, 0.1) is 0 Å². The van der Waals surface area contributed by atoms with Crippen LogP contribution in [0.4, 0.5) is 0 Å². The maximum absolute atomic E-state index is 8.00. The predicted octanol–water partition coefficient (Wildman–Crippen LogP) is 1.26. The third-order valence-corrected chi connectivity index (χ3v) is 0. The normalized spacial score (nSPS) is 2.25. The summed E-state index contributed by atoms with van der Waals surface area (Å²) in [5.74, 6) is 0. The molecule has 0 amide bonds. The van der Waals surface area contributed by atoms with Gasteiger partial charge in [0.2, 0.25) is 16.0 Å². The van der Waals surface area contributed by atoms with Gasteiger partial charge in [0, 0.05) is 19.5 Å². The Balaban J connectivity index is -0.00000000346. The molecule has 0 aliphatic heterocycles. The summed E-state index contributed by atoms with van der Waals surface area (Å²) < 4.78 is 0. The summed E-state index contributed by atoms with van der Waals surface area (Å²) in [6.07, 6.45) is 0. The van der Waals surface area contributed by atoms with Gasteiger partial charge >= 0.3 is 0 Å². The molecule has 0 heterocycles. The summed E-state index contributed by atoms with van der Waals surface area (Å²) in [6.45, 7) is 0. The first-order valence-corrected chi connectivity index (χ1v) is 1.10.